The molecule has 2 aromatic heterocycles. The average molecular weight is 357 g/mol. The number of H-pyrrole nitrogens is 1. The number of ether oxygens (including phenoxy) is 1. The van der Waals surface area contributed by atoms with Crippen LogP contribution in [0.25, 0.3) is 0 Å². The fourth-order valence-corrected chi connectivity index (χ4v) is 5.33. The first-order valence-corrected chi connectivity index (χ1v) is 9.73. The van der Waals surface area contributed by atoms with Gasteiger partial charge in [-0.25, -0.2) is 9.78 Å². The molecule has 0 unspecified atom stereocenters. The number of rotatable bonds is 1. The monoisotopic (exact) mass is 357 g/mol. The second-order valence-corrected chi connectivity index (χ2v) is 7.97. The number of hydrogen-bond donors (Lipinski definition) is 1. The van der Waals surface area contributed by atoms with Crippen molar-refractivity contribution in [3.8, 4) is 0 Å². The summed E-state index contributed by atoms with van der Waals surface area (Å²) in [5, 5.41) is 1.96. The largest absolute Gasteiger partial charge is 0.450 e. The quantitative estimate of drug-likeness (QED) is 0.793. The number of piperidine rings is 1. The van der Waals surface area contributed by atoms with E-state index in [1.807, 2.05) is 11.4 Å². The van der Waals surface area contributed by atoms with Crippen molar-refractivity contribution >= 4 is 23.3 Å². The number of hydrogen-bond acceptors (Lipinski definition) is 6. The summed E-state index contributed by atoms with van der Waals surface area (Å²) in [6, 6.07) is 1.85. The minimum Gasteiger partial charge on any atom is -0.450 e. The van der Waals surface area contributed by atoms with Crippen LogP contribution < -0.4 is 10.5 Å². The van der Waals surface area contributed by atoms with E-state index in [2.05, 4.69) is 9.88 Å². The molecular formula is C18H19N3O3S. The first kappa shape index (κ1) is 15.1. The molecule has 2 aromatic rings. The van der Waals surface area contributed by atoms with Gasteiger partial charge in [-0.1, -0.05) is 0 Å². The molecule has 0 atom stereocenters. The number of fused-ring (bicyclic) bond motifs is 3. The molecule has 130 valence electrons. The molecule has 4 heterocycles. The van der Waals surface area contributed by atoms with E-state index >= 15 is 0 Å². The number of thiophene rings is 1. The molecule has 1 aliphatic carbocycles. The lowest BCUT2D eigenvalue weighted by atomic mass is 9.89. The van der Waals surface area contributed by atoms with Gasteiger partial charge in [-0.05, 0) is 37.1 Å². The van der Waals surface area contributed by atoms with Gasteiger partial charge in [0.1, 0.15) is 0 Å². The Morgan fingerprint density at radius 1 is 1.20 bits per heavy atom. The molecule has 3 aliphatic rings. The van der Waals surface area contributed by atoms with Gasteiger partial charge in [0.15, 0.2) is 5.60 Å². The van der Waals surface area contributed by atoms with Crippen molar-refractivity contribution in [3.05, 3.63) is 43.5 Å². The first-order valence-electron chi connectivity index (χ1n) is 8.85. The van der Waals surface area contributed by atoms with Crippen LogP contribution in [0.3, 0.4) is 0 Å². The summed E-state index contributed by atoms with van der Waals surface area (Å²) < 4.78 is 5.75. The van der Waals surface area contributed by atoms with Crippen molar-refractivity contribution in [2.45, 2.75) is 44.1 Å². The molecule has 1 saturated heterocycles. The summed E-state index contributed by atoms with van der Waals surface area (Å²) in [5.41, 5.74) is 2.06. The van der Waals surface area contributed by atoms with Crippen molar-refractivity contribution in [3.63, 3.8) is 0 Å². The minimum atomic E-state index is -0.481. The fraction of sp³-hybridized carbons (Fsp3) is 0.500. The Morgan fingerprint density at radius 2 is 2.00 bits per heavy atom. The normalized spacial score (nSPS) is 21.1. The fourth-order valence-electron chi connectivity index (χ4n) is 4.25. The van der Waals surface area contributed by atoms with Crippen LogP contribution in [0, 0.1) is 0 Å². The van der Waals surface area contributed by atoms with Crippen molar-refractivity contribution in [2.75, 3.05) is 18.0 Å². The van der Waals surface area contributed by atoms with E-state index in [4.69, 9.17) is 9.72 Å². The van der Waals surface area contributed by atoms with Gasteiger partial charge in [0.25, 0.3) is 5.56 Å². The van der Waals surface area contributed by atoms with Crippen LogP contribution >= 0.6 is 11.3 Å². The number of esters is 1. The maximum atomic E-state index is 12.4. The van der Waals surface area contributed by atoms with Crippen LogP contribution in [0.1, 0.15) is 52.2 Å². The van der Waals surface area contributed by atoms with E-state index in [9.17, 15) is 9.59 Å². The van der Waals surface area contributed by atoms with Crippen LogP contribution in [-0.4, -0.2) is 29.0 Å². The predicted molar refractivity (Wildman–Crippen MR) is 94.4 cm³/mol. The zero-order chi connectivity index (χ0) is 17.0. The number of nitrogens with one attached hydrogen (secondary N) is 1. The summed E-state index contributed by atoms with van der Waals surface area (Å²) in [5.74, 6) is 0.459. The van der Waals surface area contributed by atoms with Gasteiger partial charge in [-0.2, -0.15) is 0 Å². The molecule has 0 radical (unpaired) electrons. The molecule has 1 N–H and O–H groups in total. The second kappa shape index (κ2) is 5.42. The van der Waals surface area contributed by atoms with Crippen LogP contribution in [-0.2, 0) is 23.2 Å². The number of aryl methyl sites for hydroxylation is 1. The van der Waals surface area contributed by atoms with Gasteiger partial charge < -0.3 is 9.64 Å². The smallest absolute Gasteiger partial charge is 0.340 e. The zero-order valence-corrected chi connectivity index (χ0v) is 14.7. The van der Waals surface area contributed by atoms with Crippen LogP contribution in [0.5, 0.6) is 0 Å². The lowest BCUT2D eigenvalue weighted by molar-refractivity contribution is -0.0197. The van der Waals surface area contributed by atoms with Crippen molar-refractivity contribution in [1.29, 1.82) is 0 Å². The summed E-state index contributed by atoms with van der Waals surface area (Å²) in [6.45, 7) is 1.43. The molecule has 5 rings (SSSR count). The Kier molecular flexibility index (Phi) is 3.28. The molecule has 2 aliphatic heterocycles. The van der Waals surface area contributed by atoms with E-state index in [1.54, 1.807) is 11.3 Å². The average Bonchev–Trinajstić information content (AvgIpc) is 3.21. The first-order chi connectivity index (χ1) is 12.2. The Balaban J connectivity index is 1.41. The molecular weight excluding hydrogens is 338 g/mol. The highest BCUT2D eigenvalue weighted by Crippen LogP contribution is 2.46. The lowest BCUT2D eigenvalue weighted by Gasteiger charge is -2.38. The van der Waals surface area contributed by atoms with Gasteiger partial charge in [0, 0.05) is 31.5 Å². The number of anilines is 1. The van der Waals surface area contributed by atoms with Gasteiger partial charge in [0.2, 0.25) is 5.95 Å². The molecule has 0 saturated carbocycles. The van der Waals surface area contributed by atoms with Crippen LogP contribution in [0.4, 0.5) is 5.95 Å². The van der Waals surface area contributed by atoms with Crippen LogP contribution in [0.15, 0.2) is 16.2 Å². The van der Waals surface area contributed by atoms with E-state index in [-0.39, 0.29) is 11.5 Å². The van der Waals surface area contributed by atoms with E-state index in [0.29, 0.717) is 19.0 Å². The van der Waals surface area contributed by atoms with Crippen LogP contribution in [0.2, 0.25) is 0 Å². The zero-order valence-electron chi connectivity index (χ0n) is 13.8. The number of carbonyl (C=O) groups is 1. The van der Waals surface area contributed by atoms with E-state index < -0.39 is 5.60 Å². The third kappa shape index (κ3) is 2.25. The molecule has 1 spiro atoms. The summed E-state index contributed by atoms with van der Waals surface area (Å²) in [6.07, 6.45) is 5.35. The topological polar surface area (TPSA) is 75.3 Å². The van der Waals surface area contributed by atoms with E-state index in [0.717, 1.165) is 60.2 Å². The Hall–Kier alpha value is -2.15. The third-order valence-corrected chi connectivity index (χ3v) is 6.74. The minimum absolute atomic E-state index is 0.00724. The predicted octanol–water partition coefficient (Wildman–Crippen LogP) is 2.38. The second-order valence-electron chi connectivity index (χ2n) is 7.06. The molecule has 6 nitrogen and oxygen atoms in total. The van der Waals surface area contributed by atoms with Gasteiger partial charge >= 0.3 is 5.97 Å². The standard InChI is InChI=1S/C18H19N3O3S/c22-15-11-3-1-2-4-13(11)19-17(20-15)21-8-6-18(7-9-21)14-12(5-10-25-14)16(23)24-18/h5,10H,1-4,6-9H2,(H,19,20,22). The highest BCUT2D eigenvalue weighted by molar-refractivity contribution is 7.10. The maximum Gasteiger partial charge on any atom is 0.340 e. The summed E-state index contributed by atoms with van der Waals surface area (Å²) in [7, 11) is 0. The number of aromatic amines is 1. The van der Waals surface area contributed by atoms with Crippen molar-refractivity contribution < 1.29 is 9.53 Å². The van der Waals surface area contributed by atoms with Crippen molar-refractivity contribution in [2.24, 2.45) is 0 Å². The maximum absolute atomic E-state index is 12.4. The molecule has 1 fully saturated rings. The Labute approximate surface area is 148 Å². The molecule has 0 aromatic carbocycles. The highest BCUT2D eigenvalue weighted by atomic mass is 32.1. The number of nitrogens with zero attached hydrogens (tertiary/aromatic N) is 2. The molecule has 7 heteroatoms. The highest BCUT2D eigenvalue weighted by Gasteiger charge is 2.48. The number of carbonyl (C=O) groups excluding carboxylic acids is 1. The van der Waals surface area contributed by atoms with Gasteiger partial charge in [0.05, 0.1) is 16.1 Å². The van der Waals surface area contributed by atoms with Crippen molar-refractivity contribution in [1.82, 2.24) is 9.97 Å². The molecule has 0 bridgehead atoms. The Bertz CT molecular complexity index is 909. The number of aromatic nitrogens is 2. The van der Waals surface area contributed by atoms with Gasteiger partial charge in [-0.15, -0.1) is 11.3 Å². The molecule has 25 heavy (non-hydrogen) atoms. The van der Waals surface area contributed by atoms with Gasteiger partial charge in [-0.3, -0.25) is 9.78 Å². The SMILES string of the molecule is O=C1OC2(CCN(c3nc4c(c(=O)[nH]3)CCCC4)CC2)c2sccc21. The molecule has 0 amide bonds. The third-order valence-electron chi connectivity index (χ3n) is 5.64. The lowest BCUT2D eigenvalue weighted by Crippen LogP contribution is -2.44. The summed E-state index contributed by atoms with van der Waals surface area (Å²) >= 11 is 1.60. The van der Waals surface area contributed by atoms with E-state index in [1.165, 1.54) is 0 Å². The Morgan fingerprint density at radius 3 is 2.84 bits per heavy atom. The summed E-state index contributed by atoms with van der Waals surface area (Å²) in [4.78, 5) is 35.3.